The lowest BCUT2D eigenvalue weighted by atomic mass is 9.99. The Labute approximate surface area is 319 Å². The van der Waals surface area contributed by atoms with Crippen molar-refractivity contribution in [2.75, 3.05) is 19.8 Å². The van der Waals surface area contributed by atoms with Crippen LogP contribution >= 0.6 is 0 Å². The summed E-state index contributed by atoms with van der Waals surface area (Å²) in [5.74, 6) is -5.63. The van der Waals surface area contributed by atoms with Gasteiger partial charge < -0.3 is 69.3 Å². The summed E-state index contributed by atoms with van der Waals surface area (Å²) in [6.45, 7) is -2.55. The Kier molecular flexibility index (Phi) is 13.9. The third-order valence-corrected chi connectivity index (χ3v) is 8.60. The molecule has 9 atom stereocenters. The predicted molar refractivity (Wildman–Crippen MR) is 192 cm³/mol. The first kappa shape index (κ1) is 41.5. The van der Waals surface area contributed by atoms with Crippen LogP contribution in [0, 0.1) is 0 Å². The Balaban J connectivity index is 1.44. The first-order chi connectivity index (χ1) is 26.8. The Morgan fingerprint density at radius 2 is 1.07 bits per heavy atom. The molecule has 17 heteroatoms. The Bertz CT molecular complexity index is 1870. The zero-order chi connectivity index (χ0) is 40.4. The average molecular weight is 781 g/mol. The molecule has 298 valence electrons. The van der Waals surface area contributed by atoms with Gasteiger partial charge in [0, 0.05) is 18.2 Å². The fraction of sp³-hybridized carbons (Fsp3) is 0.308. The highest BCUT2D eigenvalue weighted by atomic mass is 16.8. The highest BCUT2D eigenvalue weighted by molar-refractivity contribution is 5.88. The van der Waals surface area contributed by atoms with Gasteiger partial charge in [-0.1, -0.05) is 36.4 Å². The van der Waals surface area contributed by atoms with E-state index in [-0.39, 0.29) is 17.2 Å². The number of aliphatic hydroxyl groups excluding tert-OH is 5. The van der Waals surface area contributed by atoms with Gasteiger partial charge in [-0.2, -0.15) is 0 Å². The van der Waals surface area contributed by atoms with Gasteiger partial charge in [0.1, 0.15) is 67.1 Å². The van der Waals surface area contributed by atoms with E-state index in [1.54, 1.807) is 0 Å². The monoisotopic (exact) mass is 780 g/mol. The number of phenols is 3. The maximum absolute atomic E-state index is 13.2. The zero-order valence-corrected chi connectivity index (χ0v) is 29.4. The van der Waals surface area contributed by atoms with Gasteiger partial charge in [-0.25, -0.2) is 14.4 Å². The van der Waals surface area contributed by atoms with E-state index in [1.807, 2.05) is 0 Å². The maximum Gasteiger partial charge on any atom is 0.331 e. The molecule has 17 nitrogen and oxygen atoms in total. The number of aromatic hydroxyl groups is 3. The zero-order valence-electron chi connectivity index (χ0n) is 29.4. The quantitative estimate of drug-likeness (QED) is 0.0629. The second kappa shape index (κ2) is 18.8. The Hall–Kier alpha value is -5.63. The van der Waals surface area contributed by atoms with Gasteiger partial charge in [0.25, 0.3) is 0 Å². The fourth-order valence-electron chi connectivity index (χ4n) is 5.59. The van der Waals surface area contributed by atoms with Crippen LogP contribution < -0.4 is 0 Å². The lowest BCUT2D eigenvalue weighted by Gasteiger charge is -2.43. The molecule has 0 saturated carbocycles. The number of ether oxygens (including phenoxy) is 6. The number of benzene rings is 3. The minimum absolute atomic E-state index is 0.0108. The first-order valence-electron chi connectivity index (χ1n) is 17.1. The molecule has 2 heterocycles. The molecule has 2 aliphatic heterocycles. The van der Waals surface area contributed by atoms with Crippen LogP contribution in [0.15, 0.2) is 91.0 Å². The van der Waals surface area contributed by atoms with E-state index in [9.17, 15) is 55.2 Å². The van der Waals surface area contributed by atoms with Crippen molar-refractivity contribution in [3.05, 3.63) is 108 Å². The van der Waals surface area contributed by atoms with Gasteiger partial charge in [-0.15, -0.1) is 0 Å². The topological polar surface area (TPSA) is 268 Å². The van der Waals surface area contributed by atoms with Crippen molar-refractivity contribution in [3.63, 3.8) is 0 Å². The number of phenolic OH excluding ortho intramolecular Hbond substituents is 3. The molecule has 0 bridgehead atoms. The van der Waals surface area contributed by atoms with Crippen molar-refractivity contribution in [1.82, 2.24) is 0 Å². The smallest absolute Gasteiger partial charge is 0.331 e. The van der Waals surface area contributed by atoms with Crippen LogP contribution in [-0.4, -0.2) is 133 Å². The van der Waals surface area contributed by atoms with Crippen LogP contribution in [0.3, 0.4) is 0 Å². The van der Waals surface area contributed by atoms with E-state index >= 15 is 0 Å². The Morgan fingerprint density at radius 1 is 0.607 bits per heavy atom. The lowest BCUT2D eigenvalue weighted by molar-refractivity contribution is -0.383. The normalized spacial score (nSPS) is 27.8. The molecule has 0 radical (unpaired) electrons. The van der Waals surface area contributed by atoms with E-state index in [4.69, 9.17) is 28.4 Å². The van der Waals surface area contributed by atoms with Crippen molar-refractivity contribution < 1.29 is 83.7 Å². The lowest BCUT2D eigenvalue weighted by Crippen LogP contribution is -2.63. The summed E-state index contributed by atoms with van der Waals surface area (Å²) in [5, 5.41) is 81.6. The molecule has 2 saturated heterocycles. The van der Waals surface area contributed by atoms with E-state index < -0.39 is 92.5 Å². The molecule has 0 unspecified atom stereocenters. The molecule has 8 N–H and O–H groups in total. The van der Waals surface area contributed by atoms with Crippen LogP contribution in [0.1, 0.15) is 16.7 Å². The number of hydrogen-bond acceptors (Lipinski definition) is 17. The molecule has 5 rings (SSSR count). The summed E-state index contributed by atoms with van der Waals surface area (Å²) in [6, 6.07) is 17.4. The third kappa shape index (κ3) is 10.8. The summed E-state index contributed by atoms with van der Waals surface area (Å²) in [4.78, 5) is 38.9. The van der Waals surface area contributed by atoms with Gasteiger partial charge in [-0.05, 0) is 71.3 Å². The highest BCUT2D eigenvalue weighted by Gasteiger charge is 2.62. The minimum atomic E-state index is -2.59. The van der Waals surface area contributed by atoms with Crippen molar-refractivity contribution >= 4 is 36.1 Å². The van der Waals surface area contributed by atoms with E-state index in [2.05, 4.69) is 0 Å². The summed E-state index contributed by atoms with van der Waals surface area (Å²) in [7, 11) is 0. The number of carbonyl (C=O) groups is 3. The Morgan fingerprint density at radius 3 is 1.55 bits per heavy atom. The third-order valence-electron chi connectivity index (χ3n) is 8.60. The number of hydrogen-bond donors (Lipinski definition) is 8. The molecular formula is C39H40O17. The van der Waals surface area contributed by atoms with Gasteiger partial charge in [-0.3, -0.25) is 0 Å². The fourth-order valence-corrected chi connectivity index (χ4v) is 5.59. The molecule has 0 aromatic heterocycles. The second-order valence-electron chi connectivity index (χ2n) is 12.6. The van der Waals surface area contributed by atoms with Gasteiger partial charge in [0.15, 0.2) is 12.4 Å². The van der Waals surface area contributed by atoms with Gasteiger partial charge in [0.05, 0.1) is 6.61 Å². The summed E-state index contributed by atoms with van der Waals surface area (Å²) < 4.78 is 33.8. The standard InChI is InChI=1S/C39H40O17/c40-19-28-33(47)35(49)36(50)38(53-28)56-39(21-52-31(45)17-8-23-3-12-26(42)13-4-23)37(54-32(46)18-9-24-5-14-27(43)15-6-24)34(48)29(55-39)20-51-30(44)16-7-22-1-10-25(41)11-2-22/h1-18,28-29,33-38,40-43,47-50H,19-21H2/b16-7+,17-8+,18-9+/t28-,29+,33-,34+,35+,36-,37-,38-,39-/m1/s1. The van der Waals surface area contributed by atoms with Gasteiger partial charge in [0.2, 0.25) is 5.79 Å². The van der Waals surface area contributed by atoms with E-state index in [0.717, 1.165) is 18.2 Å². The first-order valence-corrected chi connectivity index (χ1v) is 17.1. The highest BCUT2D eigenvalue weighted by Crippen LogP contribution is 2.39. The second-order valence-corrected chi connectivity index (χ2v) is 12.6. The molecule has 3 aromatic carbocycles. The van der Waals surface area contributed by atoms with Crippen LogP contribution in [0.25, 0.3) is 18.2 Å². The molecule has 2 aliphatic rings. The number of rotatable bonds is 14. The maximum atomic E-state index is 13.2. The van der Waals surface area contributed by atoms with E-state index in [0.29, 0.717) is 16.7 Å². The predicted octanol–water partition coefficient (Wildman–Crippen LogP) is 0.514. The molecular weight excluding hydrogens is 740 g/mol. The van der Waals surface area contributed by atoms with Crippen molar-refractivity contribution in [3.8, 4) is 17.2 Å². The number of carbonyl (C=O) groups excluding carboxylic acids is 3. The molecule has 0 aliphatic carbocycles. The average Bonchev–Trinajstić information content (AvgIpc) is 3.44. The van der Waals surface area contributed by atoms with Crippen molar-refractivity contribution in [1.29, 1.82) is 0 Å². The molecule has 56 heavy (non-hydrogen) atoms. The van der Waals surface area contributed by atoms with Crippen molar-refractivity contribution in [2.45, 2.75) is 54.8 Å². The van der Waals surface area contributed by atoms with Crippen LogP contribution in [0.2, 0.25) is 0 Å². The van der Waals surface area contributed by atoms with Crippen LogP contribution in [0.4, 0.5) is 0 Å². The molecule has 0 amide bonds. The molecule has 0 spiro atoms. The van der Waals surface area contributed by atoms with Crippen LogP contribution in [0.5, 0.6) is 17.2 Å². The van der Waals surface area contributed by atoms with Crippen LogP contribution in [-0.2, 0) is 42.8 Å². The summed E-state index contributed by atoms with van der Waals surface area (Å²) in [5.41, 5.74) is 1.50. The largest absolute Gasteiger partial charge is 0.508 e. The number of aliphatic hydroxyl groups is 5. The van der Waals surface area contributed by atoms with Crippen molar-refractivity contribution in [2.24, 2.45) is 0 Å². The minimum Gasteiger partial charge on any atom is -0.508 e. The summed E-state index contributed by atoms with van der Waals surface area (Å²) in [6.07, 6.45) is -7.60. The van der Waals surface area contributed by atoms with Gasteiger partial charge >= 0.3 is 17.9 Å². The molecule has 3 aromatic rings. The SMILES string of the molecule is O=C(/C=C/c1ccc(O)cc1)OC[C@@H]1O[C@](COC(=O)/C=C/c2ccc(O)cc2)(O[C@H]2O[C@H](CO)[C@@H](O)[C@H](O)[C@H]2O)[C@H](OC(=O)/C=C/c2ccc(O)cc2)[C@H]1O. The number of esters is 3. The summed E-state index contributed by atoms with van der Waals surface area (Å²) >= 11 is 0. The molecule has 2 fully saturated rings. The van der Waals surface area contributed by atoms with E-state index in [1.165, 1.54) is 91.0 Å².